The van der Waals surface area contributed by atoms with E-state index in [-0.39, 0.29) is 24.2 Å². The first-order valence-corrected chi connectivity index (χ1v) is 8.28. The van der Waals surface area contributed by atoms with Gasteiger partial charge in [-0.05, 0) is 37.3 Å². The van der Waals surface area contributed by atoms with Crippen molar-refractivity contribution in [3.8, 4) is 0 Å². The second-order valence-corrected chi connectivity index (χ2v) is 6.53. The number of halogens is 3. The summed E-state index contributed by atoms with van der Waals surface area (Å²) in [6, 6.07) is 1.20. The number of nitrogens with one attached hydrogen (secondary N) is 1. The van der Waals surface area contributed by atoms with Crippen molar-refractivity contribution in [2.45, 2.75) is 32.1 Å². The van der Waals surface area contributed by atoms with Crippen molar-refractivity contribution in [3.63, 3.8) is 0 Å². The molecule has 1 N–H and O–H groups in total. The van der Waals surface area contributed by atoms with Gasteiger partial charge in [-0.3, -0.25) is 4.79 Å². The van der Waals surface area contributed by atoms with Crippen LogP contribution >= 0.6 is 11.6 Å². The number of amides is 1. The number of tetrazole rings is 1. The van der Waals surface area contributed by atoms with E-state index in [0.29, 0.717) is 30.7 Å². The Labute approximate surface area is 147 Å². The van der Waals surface area contributed by atoms with E-state index in [9.17, 15) is 13.6 Å². The van der Waals surface area contributed by atoms with Gasteiger partial charge in [-0.15, -0.1) is 10.2 Å². The van der Waals surface area contributed by atoms with E-state index in [1.165, 1.54) is 11.0 Å². The number of likely N-dealkylation sites (tertiary alicyclic amines) is 1. The van der Waals surface area contributed by atoms with Crippen LogP contribution in [0.25, 0.3) is 0 Å². The maximum absolute atomic E-state index is 14.5. The zero-order chi connectivity index (χ0) is 18.0. The van der Waals surface area contributed by atoms with Crippen LogP contribution in [0.15, 0.2) is 12.3 Å². The summed E-state index contributed by atoms with van der Waals surface area (Å²) in [5.41, 5.74) is -0.0289. The molecule has 1 aliphatic rings. The van der Waals surface area contributed by atoms with Crippen LogP contribution in [-0.4, -0.2) is 49.5 Å². The molecule has 0 aromatic carbocycles. The van der Waals surface area contributed by atoms with Crippen molar-refractivity contribution < 1.29 is 13.6 Å². The molecule has 1 amide bonds. The Hall–Kier alpha value is -2.16. The number of carbonyl (C=O) groups excluding carboxylic acids is 1. The van der Waals surface area contributed by atoms with E-state index in [4.69, 9.17) is 11.6 Å². The lowest BCUT2D eigenvalue weighted by atomic mass is 9.92. The summed E-state index contributed by atoms with van der Waals surface area (Å²) < 4.78 is 29.1. The monoisotopic (exact) mass is 370 g/mol. The normalized spacial score (nSPS) is 16.2. The molecule has 2 aromatic heterocycles. The van der Waals surface area contributed by atoms with Gasteiger partial charge in [-0.2, -0.15) is 14.0 Å². The largest absolute Gasteiger partial charge is 0.351 e. The average Bonchev–Trinajstić information content (AvgIpc) is 3.10. The van der Waals surface area contributed by atoms with E-state index in [0.717, 1.165) is 6.20 Å². The number of carbonyl (C=O) groups is 1. The molecule has 0 radical (unpaired) electrons. The number of aryl methyl sites for hydroxylation is 1. The van der Waals surface area contributed by atoms with Crippen molar-refractivity contribution in [2.24, 2.45) is 5.92 Å². The van der Waals surface area contributed by atoms with E-state index in [2.05, 4.69) is 25.6 Å². The number of pyridine rings is 1. The lowest BCUT2D eigenvalue weighted by Gasteiger charge is -2.33. The van der Waals surface area contributed by atoms with Gasteiger partial charge in [0.05, 0.1) is 0 Å². The fraction of sp³-hybridized carbons (Fsp3) is 0.533. The Bertz CT molecular complexity index is 746. The van der Waals surface area contributed by atoms with Crippen LogP contribution in [0, 0.1) is 12.8 Å². The minimum Gasteiger partial charge on any atom is -0.337 e. The Kier molecular flexibility index (Phi) is 4.94. The van der Waals surface area contributed by atoms with Gasteiger partial charge in [0.25, 0.3) is 5.91 Å². The predicted octanol–water partition coefficient (Wildman–Crippen LogP) is 2.13. The zero-order valence-corrected chi connectivity index (χ0v) is 14.3. The van der Waals surface area contributed by atoms with Gasteiger partial charge in [-0.25, -0.2) is 4.98 Å². The molecule has 7 nitrogen and oxygen atoms in total. The molecule has 1 aliphatic heterocycles. The minimum atomic E-state index is -3.62. The predicted molar refractivity (Wildman–Crippen MR) is 85.1 cm³/mol. The van der Waals surface area contributed by atoms with Crippen LogP contribution in [0.3, 0.4) is 0 Å². The second-order valence-electron chi connectivity index (χ2n) is 6.17. The fourth-order valence-electron chi connectivity index (χ4n) is 2.92. The number of hydrogen-bond acceptors (Lipinski definition) is 5. The number of rotatable bonds is 4. The molecule has 3 heterocycles. The minimum absolute atomic E-state index is 0.147. The summed E-state index contributed by atoms with van der Waals surface area (Å²) in [6.07, 6.45) is 2.81. The third-order valence-corrected chi connectivity index (χ3v) is 4.80. The molecule has 1 fully saturated rings. The Morgan fingerprint density at radius 3 is 2.76 bits per heavy atom. The van der Waals surface area contributed by atoms with Crippen LogP contribution in [-0.2, 0) is 17.1 Å². The molecule has 0 unspecified atom stereocenters. The summed E-state index contributed by atoms with van der Waals surface area (Å²) in [4.78, 5) is 17.2. The highest BCUT2D eigenvalue weighted by atomic mass is 35.5. The van der Waals surface area contributed by atoms with Gasteiger partial charge >= 0.3 is 5.92 Å². The van der Waals surface area contributed by atoms with Gasteiger partial charge in [0.2, 0.25) is 0 Å². The number of aromatic nitrogens is 5. The summed E-state index contributed by atoms with van der Waals surface area (Å²) in [7, 11) is 0. The fourth-order valence-corrected chi connectivity index (χ4v) is 3.02. The Morgan fingerprint density at radius 2 is 2.16 bits per heavy atom. The summed E-state index contributed by atoms with van der Waals surface area (Å²) in [5, 5.41) is 13.8. The van der Waals surface area contributed by atoms with Gasteiger partial charge in [0.15, 0.2) is 5.82 Å². The Balaban J connectivity index is 1.63. The highest BCUT2D eigenvalue weighted by Crippen LogP contribution is 2.33. The van der Waals surface area contributed by atoms with Crippen molar-refractivity contribution in [1.29, 1.82) is 0 Å². The molecule has 0 bridgehead atoms. The summed E-state index contributed by atoms with van der Waals surface area (Å²) >= 11 is 5.77. The highest BCUT2D eigenvalue weighted by molar-refractivity contribution is 6.30. The number of nitrogens with zero attached hydrogens (tertiary/aromatic N) is 5. The molecule has 134 valence electrons. The maximum Gasteiger partial charge on any atom is 0.351 e. The molecule has 25 heavy (non-hydrogen) atoms. The molecule has 3 rings (SSSR count). The molecule has 2 aromatic rings. The maximum atomic E-state index is 14.5. The van der Waals surface area contributed by atoms with Gasteiger partial charge in [0, 0.05) is 31.3 Å². The zero-order valence-electron chi connectivity index (χ0n) is 13.5. The van der Waals surface area contributed by atoms with Crippen molar-refractivity contribution in [1.82, 2.24) is 30.5 Å². The standard InChI is InChI=1S/C15H17ClF2N6O/c1-9-6-11(8-19-13(9)16)15(17,18)14(25)24-4-2-10(3-5-24)7-12-20-22-23-21-12/h6,8,10H,2-5,7H2,1H3,(H,20,21,22,23). The molecule has 0 saturated carbocycles. The third-order valence-electron chi connectivity index (χ3n) is 4.41. The molecule has 1 saturated heterocycles. The molecular formula is C15H17ClF2N6O. The van der Waals surface area contributed by atoms with Gasteiger partial charge in [-0.1, -0.05) is 16.8 Å². The highest BCUT2D eigenvalue weighted by Gasteiger charge is 2.45. The lowest BCUT2D eigenvalue weighted by Crippen LogP contribution is -2.46. The first-order valence-electron chi connectivity index (χ1n) is 7.90. The van der Waals surface area contributed by atoms with Crippen molar-refractivity contribution in [3.05, 3.63) is 34.4 Å². The van der Waals surface area contributed by atoms with Crippen molar-refractivity contribution in [2.75, 3.05) is 13.1 Å². The number of alkyl halides is 2. The van der Waals surface area contributed by atoms with Crippen LogP contribution in [0.4, 0.5) is 8.78 Å². The van der Waals surface area contributed by atoms with Gasteiger partial charge in [0.1, 0.15) is 5.15 Å². The van der Waals surface area contributed by atoms with Crippen LogP contribution in [0.2, 0.25) is 5.15 Å². The number of aromatic amines is 1. The SMILES string of the molecule is Cc1cc(C(F)(F)C(=O)N2CCC(Cc3nn[nH]n3)CC2)cnc1Cl. The Morgan fingerprint density at radius 1 is 1.44 bits per heavy atom. The van der Waals surface area contributed by atoms with Crippen LogP contribution < -0.4 is 0 Å². The van der Waals surface area contributed by atoms with Gasteiger partial charge < -0.3 is 4.90 Å². The van der Waals surface area contributed by atoms with Crippen LogP contribution in [0.5, 0.6) is 0 Å². The topological polar surface area (TPSA) is 87.7 Å². The number of piperidine rings is 1. The molecule has 0 aliphatic carbocycles. The number of H-pyrrole nitrogens is 1. The lowest BCUT2D eigenvalue weighted by molar-refractivity contribution is -0.160. The first kappa shape index (κ1) is 17.7. The van der Waals surface area contributed by atoms with E-state index in [1.54, 1.807) is 6.92 Å². The second kappa shape index (κ2) is 6.99. The molecular weight excluding hydrogens is 354 g/mol. The number of hydrogen-bond donors (Lipinski definition) is 1. The average molecular weight is 371 g/mol. The summed E-state index contributed by atoms with van der Waals surface area (Å²) in [5.74, 6) is -3.98. The third kappa shape index (κ3) is 3.76. The van der Waals surface area contributed by atoms with E-state index >= 15 is 0 Å². The van der Waals surface area contributed by atoms with E-state index < -0.39 is 17.4 Å². The molecule has 0 spiro atoms. The van der Waals surface area contributed by atoms with E-state index in [1.807, 2.05) is 0 Å². The summed E-state index contributed by atoms with van der Waals surface area (Å²) in [6.45, 7) is 2.12. The molecule has 0 atom stereocenters. The first-order chi connectivity index (χ1) is 11.9. The molecule has 10 heteroatoms. The van der Waals surface area contributed by atoms with Crippen molar-refractivity contribution >= 4 is 17.5 Å². The quantitative estimate of drug-likeness (QED) is 0.833. The smallest absolute Gasteiger partial charge is 0.337 e. The van der Waals surface area contributed by atoms with Crippen LogP contribution in [0.1, 0.15) is 29.8 Å².